The summed E-state index contributed by atoms with van der Waals surface area (Å²) in [7, 11) is 0. The normalized spacial score (nSPS) is 12.5. The number of rotatable bonds is 5. The van der Waals surface area contributed by atoms with Crippen molar-refractivity contribution >= 4 is 5.82 Å². The Hall–Kier alpha value is -1.16. The first-order valence-electron chi connectivity index (χ1n) is 5.43. The first-order chi connectivity index (χ1) is 7.13. The van der Waals surface area contributed by atoms with Gasteiger partial charge >= 0.3 is 0 Å². The summed E-state index contributed by atoms with van der Waals surface area (Å²) < 4.78 is 0. The molecule has 4 heteroatoms. The topological polar surface area (TPSA) is 63.8 Å². The molecule has 0 fully saturated rings. The van der Waals surface area contributed by atoms with Crippen LogP contribution in [0.4, 0.5) is 5.82 Å². The lowest BCUT2D eigenvalue weighted by atomic mass is 10.2. The molecule has 0 aromatic carbocycles. The number of anilines is 1. The van der Waals surface area contributed by atoms with Gasteiger partial charge in [0.25, 0.3) is 0 Å². The molecule has 0 aliphatic carbocycles. The largest absolute Gasteiger partial charge is 0.367 e. The molecule has 0 amide bonds. The summed E-state index contributed by atoms with van der Waals surface area (Å²) in [6.07, 6.45) is 3.92. The highest BCUT2D eigenvalue weighted by Crippen LogP contribution is 2.08. The van der Waals surface area contributed by atoms with Crippen LogP contribution in [0.25, 0.3) is 0 Å². The highest BCUT2D eigenvalue weighted by Gasteiger charge is 2.04. The van der Waals surface area contributed by atoms with Crippen LogP contribution in [-0.2, 0) is 0 Å². The molecule has 15 heavy (non-hydrogen) atoms. The first kappa shape index (κ1) is 11.9. The Morgan fingerprint density at radius 2 is 2.20 bits per heavy atom. The van der Waals surface area contributed by atoms with Crippen LogP contribution in [0.3, 0.4) is 0 Å². The Labute approximate surface area is 91.3 Å². The van der Waals surface area contributed by atoms with Gasteiger partial charge in [-0.3, -0.25) is 4.98 Å². The van der Waals surface area contributed by atoms with Gasteiger partial charge in [-0.2, -0.15) is 0 Å². The number of hydrogen-bond acceptors (Lipinski definition) is 4. The molecule has 1 heterocycles. The lowest BCUT2D eigenvalue weighted by Gasteiger charge is -2.13. The lowest BCUT2D eigenvalue weighted by Crippen LogP contribution is -2.29. The van der Waals surface area contributed by atoms with Crippen molar-refractivity contribution in [3.8, 4) is 0 Å². The fraction of sp³-hybridized carbons (Fsp3) is 0.636. The van der Waals surface area contributed by atoms with Gasteiger partial charge in [0.05, 0.1) is 11.4 Å². The maximum absolute atomic E-state index is 5.91. The van der Waals surface area contributed by atoms with E-state index in [9.17, 15) is 0 Å². The summed E-state index contributed by atoms with van der Waals surface area (Å²) in [5.41, 5.74) is 7.75. The molecule has 0 saturated carbocycles. The lowest BCUT2D eigenvalue weighted by molar-refractivity contribution is 0.625. The smallest absolute Gasteiger partial charge is 0.147 e. The molecule has 0 spiro atoms. The third kappa shape index (κ3) is 3.83. The van der Waals surface area contributed by atoms with Crippen LogP contribution in [0, 0.1) is 13.8 Å². The molecule has 0 bridgehead atoms. The average Bonchev–Trinajstić information content (AvgIpc) is 2.20. The fourth-order valence-electron chi connectivity index (χ4n) is 1.41. The van der Waals surface area contributed by atoms with Crippen LogP contribution in [0.2, 0.25) is 0 Å². The monoisotopic (exact) mass is 208 g/mol. The summed E-state index contributed by atoms with van der Waals surface area (Å²) in [6.45, 7) is 6.77. The molecule has 1 aromatic rings. The van der Waals surface area contributed by atoms with Gasteiger partial charge in [-0.25, -0.2) is 4.98 Å². The molecule has 0 radical (unpaired) electrons. The van der Waals surface area contributed by atoms with E-state index in [4.69, 9.17) is 5.73 Å². The Bertz CT molecular complexity index is 311. The third-order valence-electron chi connectivity index (χ3n) is 2.27. The van der Waals surface area contributed by atoms with Gasteiger partial charge in [-0.15, -0.1) is 0 Å². The Morgan fingerprint density at radius 3 is 2.87 bits per heavy atom. The molecule has 1 atom stereocenters. The van der Waals surface area contributed by atoms with Crippen LogP contribution in [0.15, 0.2) is 6.20 Å². The molecule has 4 nitrogen and oxygen atoms in total. The predicted octanol–water partition coefficient (Wildman–Crippen LogP) is 1.63. The second-order valence-corrected chi connectivity index (χ2v) is 3.88. The molecule has 1 rings (SSSR count). The van der Waals surface area contributed by atoms with Crippen LogP contribution in [-0.4, -0.2) is 22.6 Å². The molecule has 0 aliphatic heterocycles. The minimum atomic E-state index is 0.191. The maximum Gasteiger partial charge on any atom is 0.147 e. The van der Waals surface area contributed by atoms with E-state index in [1.807, 2.05) is 13.8 Å². The standard InChI is InChI=1S/C11H20N4/c1-4-5-10(12)7-14-11-9(3)13-6-8(2)15-11/h6,10H,4-5,7,12H2,1-3H3,(H,14,15). The maximum atomic E-state index is 5.91. The van der Waals surface area contributed by atoms with E-state index >= 15 is 0 Å². The van der Waals surface area contributed by atoms with Crippen molar-refractivity contribution in [1.29, 1.82) is 0 Å². The number of aromatic nitrogens is 2. The van der Waals surface area contributed by atoms with E-state index in [1.54, 1.807) is 6.20 Å². The molecular weight excluding hydrogens is 188 g/mol. The van der Waals surface area contributed by atoms with E-state index in [-0.39, 0.29) is 6.04 Å². The molecule has 3 N–H and O–H groups in total. The van der Waals surface area contributed by atoms with Crippen molar-refractivity contribution < 1.29 is 0 Å². The minimum absolute atomic E-state index is 0.191. The van der Waals surface area contributed by atoms with E-state index in [1.165, 1.54) is 0 Å². The zero-order valence-electron chi connectivity index (χ0n) is 9.75. The van der Waals surface area contributed by atoms with Gasteiger partial charge in [0, 0.05) is 18.8 Å². The molecule has 1 aromatic heterocycles. The Kier molecular flexibility index (Phi) is 4.49. The summed E-state index contributed by atoms with van der Waals surface area (Å²) in [6, 6.07) is 0.191. The van der Waals surface area contributed by atoms with E-state index in [2.05, 4.69) is 22.2 Å². The summed E-state index contributed by atoms with van der Waals surface area (Å²) in [4.78, 5) is 8.61. The van der Waals surface area contributed by atoms with Crippen molar-refractivity contribution in [2.45, 2.75) is 39.7 Å². The van der Waals surface area contributed by atoms with Crippen molar-refractivity contribution in [1.82, 2.24) is 9.97 Å². The van der Waals surface area contributed by atoms with Crippen LogP contribution in [0.1, 0.15) is 31.2 Å². The van der Waals surface area contributed by atoms with Crippen molar-refractivity contribution in [2.75, 3.05) is 11.9 Å². The van der Waals surface area contributed by atoms with E-state index in [0.29, 0.717) is 0 Å². The van der Waals surface area contributed by atoms with E-state index < -0.39 is 0 Å². The van der Waals surface area contributed by atoms with Crippen molar-refractivity contribution in [2.24, 2.45) is 5.73 Å². The molecule has 0 saturated heterocycles. The van der Waals surface area contributed by atoms with Gasteiger partial charge in [-0.1, -0.05) is 13.3 Å². The highest BCUT2D eigenvalue weighted by atomic mass is 15.0. The number of aryl methyl sites for hydroxylation is 2. The quantitative estimate of drug-likeness (QED) is 0.772. The number of hydrogen-bond donors (Lipinski definition) is 2. The Balaban J connectivity index is 2.53. The van der Waals surface area contributed by atoms with Gasteiger partial charge < -0.3 is 11.1 Å². The van der Waals surface area contributed by atoms with Gasteiger partial charge in [0.2, 0.25) is 0 Å². The zero-order valence-corrected chi connectivity index (χ0v) is 9.75. The SMILES string of the molecule is CCCC(N)CNc1nc(C)cnc1C. The molecule has 1 unspecified atom stereocenters. The minimum Gasteiger partial charge on any atom is -0.367 e. The average molecular weight is 208 g/mol. The first-order valence-corrected chi connectivity index (χ1v) is 5.43. The molecule has 84 valence electrons. The summed E-state index contributed by atoms with van der Waals surface area (Å²) >= 11 is 0. The number of nitrogens with zero attached hydrogens (tertiary/aromatic N) is 2. The van der Waals surface area contributed by atoms with Crippen LogP contribution < -0.4 is 11.1 Å². The predicted molar refractivity (Wildman–Crippen MR) is 62.9 cm³/mol. The van der Waals surface area contributed by atoms with E-state index in [0.717, 1.165) is 36.6 Å². The zero-order chi connectivity index (χ0) is 11.3. The highest BCUT2D eigenvalue weighted by molar-refractivity contribution is 5.39. The second-order valence-electron chi connectivity index (χ2n) is 3.88. The second kappa shape index (κ2) is 5.66. The van der Waals surface area contributed by atoms with Crippen LogP contribution in [0.5, 0.6) is 0 Å². The Morgan fingerprint density at radius 1 is 1.47 bits per heavy atom. The summed E-state index contributed by atoms with van der Waals surface area (Å²) in [5.74, 6) is 0.849. The third-order valence-corrected chi connectivity index (χ3v) is 2.27. The molecule has 0 aliphatic rings. The fourth-order valence-corrected chi connectivity index (χ4v) is 1.41. The van der Waals surface area contributed by atoms with Gasteiger partial charge in [0.1, 0.15) is 5.82 Å². The summed E-state index contributed by atoms with van der Waals surface area (Å²) in [5, 5.41) is 3.24. The number of nitrogens with two attached hydrogens (primary N) is 1. The molecular formula is C11H20N4. The van der Waals surface area contributed by atoms with Gasteiger partial charge in [0.15, 0.2) is 0 Å². The van der Waals surface area contributed by atoms with Crippen LogP contribution >= 0.6 is 0 Å². The van der Waals surface area contributed by atoms with Crippen molar-refractivity contribution in [3.63, 3.8) is 0 Å². The van der Waals surface area contributed by atoms with Crippen molar-refractivity contribution in [3.05, 3.63) is 17.6 Å². The van der Waals surface area contributed by atoms with Gasteiger partial charge in [-0.05, 0) is 20.3 Å². The number of nitrogens with one attached hydrogen (secondary N) is 1.